The molecule has 4 aromatic rings. The van der Waals surface area contributed by atoms with Crippen LogP contribution in [-0.2, 0) is 0 Å². The van der Waals surface area contributed by atoms with Crippen LogP contribution >= 0.6 is 0 Å². The summed E-state index contributed by atoms with van der Waals surface area (Å²) in [5.41, 5.74) is 6.17. The Morgan fingerprint density at radius 2 is 1.72 bits per heavy atom. The molecular weight excluding hydrogens is 366 g/mol. The fourth-order valence-corrected chi connectivity index (χ4v) is 2.90. The van der Waals surface area contributed by atoms with Crippen LogP contribution in [-0.4, -0.2) is 11.0 Å². The van der Waals surface area contributed by atoms with Crippen molar-refractivity contribution in [3.8, 4) is 5.75 Å². The minimum absolute atomic E-state index is 0.0696. The van der Waals surface area contributed by atoms with E-state index in [1.54, 1.807) is 18.2 Å². The second-order valence-electron chi connectivity index (χ2n) is 6.60. The largest absolute Gasteiger partial charge is 0.508 e. The summed E-state index contributed by atoms with van der Waals surface area (Å²) in [7, 11) is 0. The molecule has 0 atom stereocenters. The van der Waals surface area contributed by atoms with Crippen LogP contribution in [0, 0.1) is 6.92 Å². The third-order valence-corrected chi connectivity index (χ3v) is 4.31. The number of hydrogen-bond donors (Lipinski definition) is 3. The van der Waals surface area contributed by atoms with Crippen LogP contribution in [0.3, 0.4) is 0 Å². The van der Waals surface area contributed by atoms with E-state index in [-0.39, 0.29) is 22.8 Å². The molecule has 3 N–H and O–H groups in total. The van der Waals surface area contributed by atoms with Crippen LogP contribution in [0.25, 0.3) is 11.0 Å². The molecule has 0 radical (unpaired) electrons. The lowest BCUT2D eigenvalue weighted by molar-refractivity contribution is 0.102. The SMILES string of the molecule is Cc1cccc(NC(=O)c2cc3ccc(O)cc3o/c2=N/Nc2ccccc2)c1. The molecule has 0 saturated heterocycles. The minimum atomic E-state index is -0.345. The standard InChI is InChI=1S/C23H19N3O3/c1-15-6-5-9-18(12-15)24-22(28)20-13-16-10-11-19(27)14-21(16)29-23(20)26-25-17-7-3-2-4-8-17/h2-14,25,27H,1H3,(H,24,28)/b26-23+. The van der Waals surface area contributed by atoms with Gasteiger partial charge in [-0.3, -0.25) is 10.2 Å². The Bertz CT molecular complexity index is 1250. The van der Waals surface area contributed by atoms with E-state index in [2.05, 4.69) is 15.8 Å². The van der Waals surface area contributed by atoms with Crippen LogP contribution < -0.4 is 16.3 Å². The van der Waals surface area contributed by atoms with Gasteiger partial charge in [-0.1, -0.05) is 30.3 Å². The summed E-state index contributed by atoms with van der Waals surface area (Å²) in [6.45, 7) is 1.96. The van der Waals surface area contributed by atoms with E-state index in [4.69, 9.17) is 4.42 Å². The molecule has 29 heavy (non-hydrogen) atoms. The highest BCUT2D eigenvalue weighted by Crippen LogP contribution is 2.20. The minimum Gasteiger partial charge on any atom is -0.508 e. The van der Waals surface area contributed by atoms with Gasteiger partial charge in [0.25, 0.3) is 5.91 Å². The first-order valence-electron chi connectivity index (χ1n) is 9.08. The summed E-state index contributed by atoms with van der Waals surface area (Å²) in [6, 6.07) is 23.3. The van der Waals surface area contributed by atoms with Crippen molar-refractivity contribution >= 4 is 28.3 Å². The number of phenols is 1. The average molecular weight is 385 g/mol. The van der Waals surface area contributed by atoms with Crippen LogP contribution in [0.2, 0.25) is 0 Å². The van der Waals surface area contributed by atoms with Crippen LogP contribution in [0.15, 0.2) is 88.4 Å². The van der Waals surface area contributed by atoms with Gasteiger partial charge >= 0.3 is 0 Å². The van der Waals surface area contributed by atoms with Crippen molar-refractivity contribution in [2.45, 2.75) is 6.92 Å². The van der Waals surface area contributed by atoms with Gasteiger partial charge in [-0.05, 0) is 55.0 Å². The topological polar surface area (TPSA) is 86.9 Å². The number of amides is 1. The van der Waals surface area contributed by atoms with E-state index in [1.807, 2.05) is 61.5 Å². The van der Waals surface area contributed by atoms with E-state index in [0.29, 0.717) is 16.7 Å². The van der Waals surface area contributed by atoms with Gasteiger partial charge in [-0.25, -0.2) is 0 Å². The molecule has 0 spiro atoms. The van der Waals surface area contributed by atoms with Gasteiger partial charge in [0.15, 0.2) is 0 Å². The van der Waals surface area contributed by atoms with E-state index in [1.165, 1.54) is 6.07 Å². The van der Waals surface area contributed by atoms with Crippen molar-refractivity contribution in [3.05, 3.63) is 95.5 Å². The maximum Gasteiger partial charge on any atom is 0.261 e. The lowest BCUT2D eigenvalue weighted by Gasteiger charge is -2.08. The molecule has 6 nitrogen and oxygen atoms in total. The predicted molar refractivity (Wildman–Crippen MR) is 113 cm³/mol. The molecule has 0 aliphatic rings. The number of anilines is 2. The fourth-order valence-electron chi connectivity index (χ4n) is 2.90. The Kier molecular flexibility index (Phi) is 4.99. The molecule has 6 heteroatoms. The van der Waals surface area contributed by atoms with Gasteiger partial charge in [0.1, 0.15) is 16.9 Å². The van der Waals surface area contributed by atoms with Crippen molar-refractivity contribution in [1.29, 1.82) is 0 Å². The Labute approximate surface area is 167 Å². The van der Waals surface area contributed by atoms with Crippen molar-refractivity contribution < 1.29 is 14.3 Å². The number of para-hydroxylation sites is 1. The second-order valence-corrected chi connectivity index (χ2v) is 6.60. The Hall–Kier alpha value is -4.06. The van der Waals surface area contributed by atoms with E-state index < -0.39 is 0 Å². The first-order valence-corrected chi connectivity index (χ1v) is 9.08. The zero-order valence-corrected chi connectivity index (χ0v) is 15.7. The highest BCUT2D eigenvalue weighted by atomic mass is 16.3. The molecule has 0 fully saturated rings. The molecule has 1 heterocycles. The predicted octanol–water partition coefficient (Wildman–Crippen LogP) is 4.63. The zero-order chi connectivity index (χ0) is 20.2. The van der Waals surface area contributed by atoms with E-state index in [9.17, 15) is 9.90 Å². The number of aromatic hydroxyl groups is 1. The number of nitrogens with zero attached hydrogens (tertiary/aromatic N) is 1. The molecule has 1 amide bonds. The van der Waals surface area contributed by atoms with Gasteiger partial charge < -0.3 is 14.8 Å². The number of carbonyl (C=O) groups is 1. The van der Waals surface area contributed by atoms with Crippen molar-refractivity contribution in [1.82, 2.24) is 0 Å². The third-order valence-electron chi connectivity index (χ3n) is 4.31. The molecule has 0 saturated carbocycles. The van der Waals surface area contributed by atoms with Crippen molar-refractivity contribution in [2.75, 3.05) is 10.7 Å². The molecule has 1 aromatic heterocycles. The number of hydrogen-bond acceptors (Lipinski definition) is 5. The monoisotopic (exact) mass is 385 g/mol. The maximum atomic E-state index is 13.0. The van der Waals surface area contributed by atoms with Gasteiger partial charge in [-0.2, -0.15) is 0 Å². The number of phenolic OH excluding ortho intramolecular Hbond substituents is 1. The summed E-state index contributed by atoms with van der Waals surface area (Å²) >= 11 is 0. The highest BCUT2D eigenvalue weighted by Gasteiger charge is 2.13. The Morgan fingerprint density at radius 1 is 0.931 bits per heavy atom. The third kappa shape index (κ3) is 4.27. The molecular formula is C23H19N3O3. The second kappa shape index (κ2) is 7.90. The Balaban J connectivity index is 1.77. The van der Waals surface area contributed by atoms with E-state index in [0.717, 1.165) is 11.3 Å². The lowest BCUT2D eigenvalue weighted by Crippen LogP contribution is -2.22. The van der Waals surface area contributed by atoms with Gasteiger partial charge in [0, 0.05) is 17.1 Å². The van der Waals surface area contributed by atoms with Crippen LogP contribution in [0.5, 0.6) is 5.75 Å². The molecule has 144 valence electrons. The van der Waals surface area contributed by atoms with E-state index >= 15 is 0 Å². The number of fused-ring (bicyclic) bond motifs is 1. The highest BCUT2D eigenvalue weighted by molar-refractivity contribution is 6.05. The maximum absolute atomic E-state index is 13.0. The molecule has 3 aromatic carbocycles. The summed E-state index contributed by atoms with van der Waals surface area (Å²) < 4.78 is 5.83. The summed E-state index contributed by atoms with van der Waals surface area (Å²) in [5, 5.41) is 17.6. The quantitative estimate of drug-likeness (QED) is 0.447. The van der Waals surface area contributed by atoms with Gasteiger partial charge in [0.05, 0.1) is 5.69 Å². The number of nitrogens with one attached hydrogen (secondary N) is 2. The van der Waals surface area contributed by atoms with Gasteiger partial charge in [0.2, 0.25) is 5.55 Å². The number of carbonyl (C=O) groups excluding carboxylic acids is 1. The molecule has 0 aliphatic heterocycles. The summed E-state index contributed by atoms with van der Waals surface area (Å²) in [4.78, 5) is 13.0. The van der Waals surface area contributed by atoms with Crippen LogP contribution in [0.4, 0.5) is 11.4 Å². The average Bonchev–Trinajstić information content (AvgIpc) is 2.72. The zero-order valence-electron chi connectivity index (χ0n) is 15.7. The molecule has 4 rings (SSSR count). The number of aryl methyl sites for hydroxylation is 1. The fraction of sp³-hybridized carbons (Fsp3) is 0.0435. The van der Waals surface area contributed by atoms with Gasteiger partial charge in [-0.15, -0.1) is 5.10 Å². The molecule has 0 unspecified atom stereocenters. The molecule has 0 bridgehead atoms. The first-order chi connectivity index (χ1) is 14.1. The summed E-state index contributed by atoms with van der Waals surface area (Å²) in [5.74, 6) is -0.275. The van der Waals surface area contributed by atoms with Crippen LogP contribution in [0.1, 0.15) is 15.9 Å². The van der Waals surface area contributed by atoms with Crippen molar-refractivity contribution in [3.63, 3.8) is 0 Å². The van der Waals surface area contributed by atoms with Crippen molar-refractivity contribution in [2.24, 2.45) is 5.10 Å². The number of benzene rings is 3. The smallest absolute Gasteiger partial charge is 0.261 e. The first kappa shape index (κ1) is 18.3. The molecule has 0 aliphatic carbocycles. The normalized spacial score (nSPS) is 11.4. The number of rotatable bonds is 4. The lowest BCUT2D eigenvalue weighted by atomic mass is 10.1. The Morgan fingerprint density at radius 3 is 2.52 bits per heavy atom. The summed E-state index contributed by atoms with van der Waals surface area (Å²) in [6.07, 6.45) is 0.